The highest BCUT2D eigenvalue weighted by Gasteiger charge is 2.30. The van der Waals surface area contributed by atoms with Gasteiger partial charge in [-0.25, -0.2) is 0 Å². The van der Waals surface area contributed by atoms with Crippen molar-refractivity contribution < 1.29 is 4.74 Å². The fourth-order valence-electron chi connectivity index (χ4n) is 2.88. The van der Waals surface area contributed by atoms with E-state index >= 15 is 0 Å². The van der Waals surface area contributed by atoms with Crippen molar-refractivity contribution in [1.29, 1.82) is 0 Å². The van der Waals surface area contributed by atoms with Crippen LogP contribution >= 0.6 is 0 Å². The third-order valence-corrected chi connectivity index (χ3v) is 4.39. The third-order valence-electron chi connectivity index (χ3n) is 4.39. The SMILES string of the molecule is Cc1cccc(C(NN)C2CN(C(C)C)CCO2)c1C. The fraction of sp³-hybridized carbons (Fsp3) is 0.625. The number of hydrogen-bond donors (Lipinski definition) is 2. The summed E-state index contributed by atoms with van der Waals surface area (Å²) in [6.45, 7) is 11.4. The van der Waals surface area contributed by atoms with E-state index in [0.29, 0.717) is 6.04 Å². The van der Waals surface area contributed by atoms with Crippen LogP contribution in [0, 0.1) is 13.8 Å². The molecule has 4 nitrogen and oxygen atoms in total. The highest BCUT2D eigenvalue weighted by molar-refractivity contribution is 5.36. The Kier molecular flexibility index (Phi) is 5.16. The van der Waals surface area contributed by atoms with Crippen LogP contribution in [-0.4, -0.2) is 36.7 Å². The molecule has 20 heavy (non-hydrogen) atoms. The van der Waals surface area contributed by atoms with Crippen molar-refractivity contribution in [2.75, 3.05) is 19.7 Å². The van der Waals surface area contributed by atoms with Crippen molar-refractivity contribution in [3.63, 3.8) is 0 Å². The molecule has 1 aromatic rings. The molecular formula is C16H27N3O. The minimum absolute atomic E-state index is 0.0384. The van der Waals surface area contributed by atoms with Gasteiger partial charge in [0.2, 0.25) is 0 Å². The van der Waals surface area contributed by atoms with Gasteiger partial charge in [-0.15, -0.1) is 0 Å². The van der Waals surface area contributed by atoms with E-state index in [2.05, 4.69) is 56.2 Å². The van der Waals surface area contributed by atoms with E-state index in [-0.39, 0.29) is 12.1 Å². The minimum atomic E-state index is 0.0384. The summed E-state index contributed by atoms with van der Waals surface area (Å²) in [5.74, 6) is 5.83. The molecule has 3 N–H and O–H groups in total. The first kappa shape index (κ1) is 15.4. The predicted molar refractivity (Wildman–Crippen MR) is 82.4 cm³/mol. The normalized spacial score (nSPS) is 22.2. The Bertz CT molecular complexity index is 447. The summed E-state index contributed by atoms with van der Waals surface area (Å²) in [7, 11) is 0. The number of benzene rings is 1. The van der Waals surface area contributed by atoms with Crippen LogP contribution in [0.25, 0.3) is 0 Å². The van der Waals surface area contributed by atoms with Crippen LogP contribution in [0.3, 0.4) is 0 Å². The average molecular weight is 277 g/mol. The van der Waals surface area contributed by atoms with E-state index in [9.17, 15) is 0 Å². The van der Waals surface area contributed by atoms with Crippen LogP contribution in [0.5, 0.6) is 0 Å². The van der Waals surface area contributed by atoms with Crippen molar-refractivity contribution in [3.8, 4) is 0 Å². The van der Waals surface area contributed by atoms with Gasteiger partial charge in [-0.2, -0.15) is 0 Å². The summed E-state index contributed by atoms with van der Waals surface area (Å²) < 4.78 is 5.98. The molecule has 1 aliphatic rings. The van der Waals surface area contributed by atoms with E-state index in [1.807, 2.05) is 0 Å². The summed E-state index contributed by atoms with van der Waals surface area (Å²) >= 11 is 0. The Hall–Kier alpha value is -0.940. The number of ether oxygens (including phenoxy) is 1. The van der Waals surface area contributed by atoms with E-state index in [0.717, 1.165) is 19.7 Å². The number of hydrogen-bond acceptors (Lipinski definition) is 4. The molecule has 1 fully saturated rings. The summed E-state index contributed by atoms with van der Waals surface area (Å²) in [5.41, 5.74) is 6.79. The third kappa shape index (κ3) is 3.20. The molecule has 2 atom stereocenters. The Morgan fingerprint density at radius 2 is 2.10 bits per heavy atom. The van der Waals surface area contributed by atoms with Gasteiger partial charge in [0, 0.05) is 19.1 Å². The first-order valence-electron chi connectivity index (χ1n) is 7.42. The van der Waals surface area contributed by atoms with E-state index in [1.165, 1.54) is 16.7 Å². The second-order valence-corrected chi connectivity index (χ2v) is 5.93. The van der Waals surface area contributed by atoms with E-state index in [1.54, 1.807) is 0 Å². The molecular weight excluding hydrogens is 250 g/mol. The van der Waals surface area contributed by atoms with Crippen LogP contribution in [0.1, 0.15) is 36.6 Å². The summed E-state index contributed by atoms with van der Waals surface area (Å²) in [4.78, 5) is 2.45. The predicted octanol–water partition coefficient (Wildman–Crippen LogP) is 1.92. The number of nitrogens with two attached hydrogens (primary N) is 1. The fourth-order valence-corrected chi connectivity index (χ4v) is 2.88. The highest BCUT2D eigenvalue weighted by Crippen LogP contribution is 2.26. The van der Waals surface area contributed by atoms with Crippen LogP contribution in [-0.2, 0) is 4.74 Å². The smallest absolute Gasteiger partial charge is 0.0910 e. The van der Waals surface area contributed by atoms with Gasteiger partial charge in [-0.1, -0.05) is 18.2 Å². The van der Waals surface area contributed by atoms with Crippen LogP contribution in [0.4, 0.5) is 0 Å². The number of nitrogens with zero attached hydrogens (tertiary/aromatic N) is 1. The molecule has 112 valence electrons. The lowest BCUT2D eigenvalue weighted by molar-refractivity contribution is -0.0562. The number of aryl methyl sites for hydroxylation is 1. The number of rotatable bonds is 4. The number of hydrazine groups is 1. The largest absolute Gasteiger partial charge is 0.374 e. The first-order chi connectivity index (χ1) is 9.54. The Morgan fingerprint density at radius 1 is 1.35 bits per heavy atom. The quantitative estimate of drug-likeness (QED) is 0.652. The van der Waals surface area contributed by atoms with E-state index < -0.39 is 0 Å². The van der Waals surface area contributed by atoms with Crippen molar-refractivity contribution in [2.45, 2.75) is 45.9 Å². The van der Waals surface area contributed by atoms with Crippen molar-refractivity contribution in [2.24, 2.45) is 5.84 Å². The lowest BCUT2D eigenvalue weighted by Gasteiger charge is -2.39. The zero-order chi connectivity index (χ0) is 14.7. The van der Waals surface area contributed by atoms with Gasteiger partial charge in [0.1, 0.15) is 0 Å². The molecule has 2 rings (SSSR count). The molecule has 0 amide bonds. The van der Waals surface area contributed by atoms with Gasteiger partial charge < -0.3 is 4.74 Å². The van der Waals surface area contributed by atoms with Crippen LogP contribution < -0.4 is 11.3 Å². The molecule has 2 unspecified atom stereocenters. The lowest BCUT2D eigenvalue weighted by Crippen LogP contribution is -2.51. The summed E-state index contributed by atoms with van der Waals surface area (Å²) in [6.07, 6.45) is 0.0941. The second-order valence-electron chi connectivity index (χ2n) is 5.93. The molecule has 1 aliphatic heterocycles. The summed E-state index contributed by atoms with van der Waals surface area (Å²) in [5, 5.41) is 0. The topological polar surface area (TPSA) is 50.5 Å². The Balaban J connectivity index is 2.21. The molecule has 0 aromatic heterocycles. The standard InChI is InChI=1S/C16H27N3O/c1-11(2)19-8-9-20-15(10-19)16(18-17)14-7-5-6-12(3)13(14)4/h5-7,11,15-16,18H,8-10,17H2,1-4H3. The van der Waals surface area contributed by atoms with Crippen LogP contribution in [0.2, 0.25) is 0 Å². The molecule has 0 saturated carbocycles. The van der Waals surface area contributed by atoms with E-state index in [4.69, 9.17) is 10.6 Å². The maximum atomic E-state index is 5.98. The monoisotopic (exact) mass is 277 g/mol. The molecule has 1 heterocycles. The number of morpholine rings is 1. The Labute approximate surface area is 122 Å². The Morgan fingerprint density at radius 3 is 2.75 bits per heavy atom. The molecule has 1 aromatic carbocycles. The van der Waals surface area contributed by atoms with Gasteiger partial charge in [0.05, 0.1) is 18.8 Å². The van der Waals surface area contributed by atoms with Crippen molar-refractivity contribution in [3.05, 3.63) is 34.9 Å². The van der Waals surface area contributed by atoms with Gasteiger partial charge in [0.15, 0.2) is 0 Å². The number of nitrogens with one attached hydrogen (secondary N) is 1. The average Bonchev–Trinajstić information content (AvgIpc) is 2.44. The van der Waals surface area contributed by atoms with Crippen molar-refractivity contribution in [1.82, 2.24) is 10.3 Å². The van der Waals surface area contributed by atoms with Crippen LogP contribution in [0.15, 0.2) is 18.2 Å². The molecule has 1 saturated heterocycles. The van der Waals surface area contributed by atoms with Gasteiger partial charge in [-0.3, -0.25) is 16.2 Å². The maximum Gasteiger partial charge on any atom is 0.0910 e. The molecule has 0 radical (unpaired) electrons. The summed E-state index contributed by atoms with van der Waals surface area (Å²) in [6, 6.07) is 6.94. The van der Waals surface area contributed by atoms with Gasteiger partial charge >= 0.3 is 0 Å². The molecule has 0 spiro atoms. The van der Waals surface area contributed by atoms with Gasteiger partial charge in [-0.05, 0) is 44.4 Å². The zero-order valence-electron chi connectivity index (χ0n) is 13.0. The maximum absolute atomic E-state index is 5.98. The van der Waals surface area contributed by atoms with Gasteiger partial charge in [0.25, 0.3) is 0 Å². The first-order valence-corrected chi connectivity index (χ1v) is 7.42. The highest BCUT2D eigenvalue weighted by atomic mass is 16.5. The second kappa shape index (κ2) is 6.68. The minimum Gasteiger partial charge on any atom is -0.374 e. The molecule has 0 aliphatic carbocycles. The van der Waals surface area contributed by atoms with Crippen molar-refractivity contribution >= 4 is 0 Å². The zero-order valence-corrected chi connectivity index (χ0v) is 13.0. The molecule has 0 bridgehead atoms. The molecule has 4 heteroatoms. The lowest BCUT2D eigenvalue weighted by atomic mass is 9.93.